The Morgan fingerprint density at radius 1 is 0.812 bits per heavy atom. The van der Waals surface area contributed by atoms with Gasteiger partial charge >= 0.3 is 0 Å². The number of rotatable bonds is 1. The minimum Gasteiger partial charge on any atom is -0.388 e. The van der Waals surface area contributed by atoms with Crippen molar-refractivity contribution in [3.05, 3.63) is 0 Å². The zero-order chi connectivity index (χ0) is 11.5. The van der Waals surface area contributed by atoms with Crippen molar-refractivity contribution in [1.29, 1.82) is 0 Å². The predicted octanol–water partition coefficient (Wildman–Crippen LogP) is 1.97. The zero-order valence-corrected chi connectivity index (χ0v) is 10.2. The van der Waals surface area contributed by atoms with Gasteiger partial charge in [0.1, 0.15) is 0 Å². The summed E-state index contributed by atoms with van der Waals surface area (Å²) < 4.78 is 5.34. The smallest absolute Gasteiger partial charge is 0.0870 e. The van der Waals surface area contributed by atoms with Crippen LogP contribution in [0.4, 0.5) is 0 Å². The van der Waals surface area contributed by atoms with Crippen LogP contribution < -0.4 is 5.73 Å². The van der Waals surface area contributed by atoms with Crippen LogP contribution in [0.5, 0.6) is 0 Å². The van der Waals surface area contributed by atoms with Gasteiger partial charge in [-0.2, -0.15) is 0 Å². The van der Waals surface area contributed by atoms with Gasteiger partial charge in [0.15, 0.2) is 0 Å². The first-order valence-electron chi connectivity index (χ1n) is 6.75. The number of hydrogen-bond donors (Lipinski definition) is 2. The van der Waals surface area contributed by atoms with Crippen LogP contribution in [0, 0.1) is 0 Å². The molecule has 1 saturated carbocycles. The van der Waals surface area contributed by atoms with Crippen LogP contribution >= 0.6 is 0 Å². The van der Waals surface area contributed by atoms with E-state index in [2.05, 4.69) is 0 Å². The molecule has 2 rings (SSSR count). The second kappa shape index (κ2) is 5.03. The van der Waals surface area contributed by atoms with Crippen molar-refractivity contribution in [2.24, 2.45) is 5.73 Å². The molecule has 0 atom stereocenters. The summed E-state index contributed by atoms with van der Waals surface area (Å²) in [6, 6.07) is 0. The van der Waals surface area contributed by atoms with E-state index in [1.165, 1.54) is 32.1 Å². The van der Waals surface area contributed by atoms with Crippen LogP contribution in [0.15, 0.2) is 0 Å². The van der Waals surface area contributed by atoms with Crippen LogP contribution in [0.3, 0.4) is 0 Å². The molecule has 1 heterocycles. The normalized spacial score (nSPS) is 30.4. The summed E-state index contributed by atoms with van der Waals surface area (Å²) in [5, 5.41) is 10.8. The minimum atomic E-state index is -0.678. The first kappa shape index (κ1) is 12.3. The second-order valence-corrected chi connectivity index (χ2v) is 5.57. The predicted molar refractivity (Wildman–Crippen MR) is 64.2 cm³/mol. The molecule has 3 N–H and O–H groups in total. The highest BCUT2D eigenvalue weighted by Gasteiger charge is 2.47. The molecule has 0 amide bonds. The van der Waals surface area contributed by atoms with Crippen molar-refractivity contribution in [3.8, 4) is 0 Å². The highest BCUT2D eigenvalue weighted by atomic mass is 16.5. The third-order valence-electron chi connectivity index (χ3n) is 4.49. The monoisotopic (exact) mass is 227 g/mol. The summed E-state index contributed by atoms with van der Waals surface area (Å²) in [4.78, 5) is 0. The molecule has 0 bridgehead atoms. The van der Waals surface area contributed by atoms with E-state index in [1.807, 2.05) is 0 Å². The van der Waals surface area contributed by atoms with E-state index < -0.39 is 5.60 Å². The Kier molecular flexibility index (Phi) is 3.88. The zero-order valence-electron chi connectivity index (χ0n) is 10.2. The Morgan fingerprint density at radius 3 is 1.88 bits per heavy atom. The summed E-state index contributed by atoms with van der Waals surface area (Å²) in [7, 11) is 0. The third-order valence-corrected chi connectivity index (χ3v) is 4.49. The molecule has 16 heavy (non-hydrogen) atoms. The molecule has 2 aliphatic rings. The lowest BCUT2D eigenvalue weighted by Crippen LogP contribution is -2.62. The highest BCUT2D eigenvalue weighted by molar-refractivity contribution is 5.04. The molecular formula is C13H25NO2. The fourth-order valence-electron chi connectivity index (χ4n) is 3.21. The molecule has 0 radical (unpaired) electrons. The lowest BCUT2D eigenvalue weighted by atomic mass is 9.69. The van der Waals surface area contributed by atoms with E-state index in [0.717, 1.165) is 12.8 Å². The van der Waals surface area contributed by atoms with Gasteiger partial charge in [0.25, 0.3) is 0 Å². The average Bonchev–Trinajstić information content (AvgIpc) is 2.25. The molecule has 1 saturated heterocycles. The molecule has 0 spiro atoms. The number of ether oxygens (including phenoxy) is 1. The second-order valence-electron chi connectivity index (χ2n) is 5.57. The average molecular weight is 227 g/mol. The molecular weight excluding hydrogens is 202 g/mol. The summed E-state index contributed by atoms with van der Waals surface area (Å²) in [5.74, 6) is 0. The van der Waals surface area contributed by atoms with Gasteiger partial charge in [-0.15, -0.1) is 0 Å². The molecule has 0 unspecified atom stereocenters. The molecule has 0 aromatic heterocycles. The lowest BCUT2D eigenvalue weighted by molar-refractivity contribution is -0.116. The third kappa shape index (κ3) is 2.41. The summed E-state index contributed by atoms with van der Waals surface area (Å²) in [5.41, 5.74) is 5.49. The minimum absolute atomic E-state index is 0.364. The molecule has 3 heteroatoms. The van der Waals surface area contributed by atoms with Crippen LogP contribution in [0.2, 0.25) is 0 Å². The van der Waals surface area contributed by atoms with Crippen molar-refractivity contribution in [2.45, 2.75) is 68.9 Å². The Balaban J connectivity index is 2.06. The SMILES string of the molecule is NC1(C2(O)CCOCC2)CCCCCCC1. The van der Waals surface area contributed by atoms with Crippen molar-refractivity contribution in [1.82, 2.24) is 0 Å². The van der Waals surface area contributed by atoms with Gasteiger partial charge < -0.3 is 15.6 Å². The maximum Gasteiger partial charge on any atom is 0.0870 e. The van der Waals surface area contributed by atoms with E-state index in [0.29, 0.717) is 26.1 Å². The number of nitrogens with two attached hydrogens (primary N) is 1. The molecule has 94 valence electrons. The van der Waals surface area contributed by atoms with E-state index in [9.17, 15) is 5.11 Å². The lowest BCUT2D eigenvalue weighted by Gasteiger charge is -2.48. The molecule has 2 fully saturated rings. The molecule has 0 aromatic carbocycles. The molecule has 1 aliphatic heterocycles. The van der Waals surface area contributed by atoms with E-state index >= 15 is 0 Å². The largest absolute Gasteiger partial charge is 0.388 e. The quantitative estimate of drug-likeness (QED) is 0.720. The first-order valence-corrected chi connectivity index (χ1v) is 6.75. The van der Waals surface area contributed by atoms with Crippen LogP contribution in [0.25, 0.3) is 0 Å². The van der Waals surface area contributed by atoms with Crippen LogP contribution in [-0.4, -0.2) is 29.5 Å². The Labute approximate surface area is 98.4 Å². The molecule has 0 aromatic rings. The number of aliphatic hydroxyl groups is 1. The van der Waals surface area contributed by atoms with E-state index in [4.69, 9.17) is 10.5 Å². The van der Waals surface area contributed by atoms with Gasteiger partial charge in [0.2, 0.25) is 0 Å². The van der Waals surface area contributed by atoms with Crippen LogP contribution in [-0.2, 0) is 4.74 Å². The van der Waals surface area contributed by atoms with Gasteiger partial charge in [-0.05, 0) is 12.8 Å². The van der Waals surface area contributed by atoms with Gasteiger partial charge in [-0.25, -0.2) is 0 Å². The standard InChI is InChI=1S/C13H25NO2/c14-12(6-4-2-1-3-5-7-12)13(15)8-10-16-11-9-13/h15H,1-11,14H2. The highest BCUT2D eigenvalue weighted by Crippen LogP contribution is 2.38. The van der Waals surface area contributed by atoms with Gasteiger partial charge in [-0.3, -0.25) is 0 Å². The van der Waals surface area contributed by atoms with Crippen molar-refractivity contribution in [3.63, 3.8) is 0 Å². The van der Waals surface area contributed by atoms with E-state index in [1.54, 1.807) is 0 Å². The van der Waals surface area contributed by atoms with Crippen molar-refractivity contribution in [2.75, 3.05) is 13.2 Å². The first-order chi connectivity index (χ1) is 7.66. The topological polar surface area (TPSA) is 55.5 Å². The van der Waals surface area contributed by atoms with Crippen molar-refractivity contribution >= 4 is 0 Å². The maximum atomic E-state index is 10.8. The summed E-state index contributed by atoms with van der Waals surface area (Å²) in [6.45, 7) is 1.32. The fraction of sp³-hybridized carbons (Fsp3) is 1.00. The Hall–Kier alpha value is -0.120. The Morgan fingerprint density at radius 2 is 1.31 bits per heavy atom. The van der Waals surface area contributed by atoms with Gasteiger partial charge in [0.05, 0.1) is 5.60 Å². The summed E-state index contributed by atoms with van der Waals surface area (Å²) in [6.07, 6.45) is 9.58. The fourth-order valence-corrected chi connectivity index (χ4v) is 3.21. The maximum absolute atomic E-state index is 10.8. The van der Waals surface area contributed by atoms with Gasteiger partial charge in [0, 0.05) is 31.6 Å². The van der Waals surface area contributed by atoms with E-state index in [-0.39, 0.29) is 5.54 Å². The van der Waals surface area contributed by atoms with Crippen molar-refractivity contribution < 1.29 is 9.84 Å². The van der Waals surface area contributed by atoms with Gasteiger partial charge in [-0.1, -0.05) is 32.1 Å². The number of hydrogen-bond acceptors (Lipinski definition) is 3. The molecule has 1 aliphatic carbocycles. The van der Waals surface area contributed by atoms with Crippen LogP contribution in [0.1, 0.15) is 57.8 Å². The summed E-state index contributed by atoms with van der Waals surface area (Å²) >= 11 is 0. The Bertz CT molecular complexity index is 216. The molecule has 3 nitrogen and oxygen atoms in total.